The maximum absolute atomic E-state index is 12.1. The summed E-state index contributed by atoms with van der Waals surface area (Å²) in [6.07, 6.45) is 4.46. The second-order valence-corrected chi connectivity index (χ2v) is 4.78. The molecular formula is C13H21N3O. The van der Waals surface area contributed by atoms with Crippen molar-refractivity contribution in [3.63, 3.8) is 0 Å². The zero-order valence-electron chi connectivity index (χ0n) is 10.6. The number of nitrogens with one attached hydrogen (secondary N) is 2. The van der Waals surface area contributed by atoms with Crippen LogP contribution in [0.5, 0.6) is 0 Å². The Morgan fingerprint density at radius 3 is 2.71 bits per heavy atom. The monoisotopic (exact) mass is 235 g/mol. The number of aryl methyl sites for hydroxylation is 2. The first-order chi connectivity index (χ1) is 8.18. The Morgan fingerprint density at radius 1 is 1.29 bits per heavy atom. The summed E-state index contributed by atoms with van der Waals surface area (Å²) in [4.78, 5) is 12.1. The van der Waals surface area contributed by atoms with Gasteiger partial charge < -0.3 is 5.32 Å². The van der Waals surface area contributed by atoms with E-state index in [0.717, 1.165) is 30.8 Å². The molecule has 0 aliphatic carbocycles. The van der Waals surface area contributed by atoms with Crippen molar-refractivity contribution in [1.29, 1.82) is 0 Å². The summed E-state index contributed by atoms with van der Waals surface area (Å²) in [5.41, 5.74) is 5.09. The average molecular weight is 235 g/mol. The minimum absolute atomic E-state index is 0.0429. The highest BCUT2D eigenvalue weighted by Gasteiger charge is 2.20. The molecule has 1 aliphatic heterocycles. The zero-order chi connectivity index (χ0) is 12.3. The summed E-state index contributed by atoms with van der Waals surface area (Å²) in [6, 6.07) is 3.98. The summed E-state index contributed by atoms with van der Waals surface area (Å²) in [7, 11) is 0. The number of carbonyl (C=O) groups excluding carboxylic acids is 1. The van der Waals surface area contributed by atoms with Crippen LogP contribution in [0.3, 0.4) is 0 Å². The highest BCUT2D eigenvalue weighted by atomic mass is 16.2. The van der Waals surface area contributed by atoms with E-state index in [1.807, 2.05) is 30.7 Å². The normalized spacial score (nSPS) is 20.9. The fraction of sp³-hybridized carbons (Fsp3) is 0.615. The van der Waals surface area contributed by atoms with Crippen LogP contribution in [0.2, 0.25) is 0 Å². The lowest BCUT2D eigenvalue weighted by atomic mass is 10.1. The number of aromatic nitrogens is 1. The average Bonchev–Trinajstić information content (AvgIpc) is 2.59. The Bertz CT molecular complexity index is 370. The van der Waals surface area contributed by atoms with Gasteiger partial charge in [-0.2, -0.15) is 0 Å². The van der Waals surface area contributed by atoms with Gasteiger partial charge in [0.05, 0.1) is 6.04 Å². The second-order valence-electron chi connectivity index (χ2n) is 4.78. The molecule has 4 nitrogen and oxygen atoms in total. The van der Waals surface area contributed by atoms with Gasteiger partial charge in [-0.15, -0.1) is 0 Å². The number of amides is 1. The predicted octanol–water partition coefficient (Wildman–Crippen LogP) is 1.71. The van der Waals surface area contributed by atoms with Crippen molar-refractivity contribution in [2.45, 2.75) is 45.6 Å². The van der Waals surface area contributed by atoms with E-state index in [1.54, 1.807) is 0 Å². The van der Waals surface area contributed by atoms with Gasteiger partial charge in [-0.3, -0.25) is 14.9 Å². The van der Waals surface area contributed by atoms with Crippen molar-refractivity contribution in [2.24, 2.45) is 0 Å². The van der Waals surface area contributed by atoms with Crippen LogP contribution in [0.25, 0.3) is 0 Å². The van der Waals surface area contributed by atoms with Gasteiger partial charge in [0.15, 0.2) is 0 Å². The summed E-state index contributed by atoms with van der Waals surface area (Å²) in [6.45, 7) is 4.93. The molecule has 0 bridgehead atoms. The molecule has 0 radical (unpaired) electrons. The molecule has 1 atom stereocenters. The molecule has 2 rings (SSSR count). The minimum Gasteiger partial charge on any atom is -0.306 e. The molecule has 2 N–H and O–H groups in total. The van der Waals surface area contributed by atoms with E-state index in [1.165, 1.54) is 12.8 Å². The molecule has 1 unspecified atom stereocenters. The Morgan fingerprint density at radius 2 is 2.00 bits per heavy atom. The second kappa shape index (κ2) is 5.36. The summed E-state index contributed by atoms with van der Waals surface area (Å²) in [5, 5.41) is 3.31. The van der Waals surface area contributed by atoms with Gasteiger partial charge in [0.1, 0.15) is 0 Å². The third-order valence-electron chi connectivity index (χ3n) is 3.37. The molecule has 1 amide bonds. The van der Waals surface area contributed by atoms with E-state index in [-0.39, 0.29) is 11.9 Å². The highest BCUT2D eigenvalue weighted by molar-refractivity contribution is 5.89. The van der Waals surface area contributed by atoms with Gasteiger partial charge in [-0.05, 0) is 45.4 Å². The summed E-state index contributed by atoms with van der Waals surface area (Å²) < 4.78 is 1.86. The van der Waals surface area contributed by atoms with Gasteiger partial charge >= 0.3 is 0 Å². The van der Waals surface area contributed by atoms with Crippen molar-refractivity contribution in [2.75, 3.05) is 12.0 Å². The molecule has 94 valence electrons. The van der Waals surface area contributed by atoms with Crippen LogP contribution in [0.4, 0.5) is 0 Å². The number of nitrogens with zero attached hydrogens (tertiary/aromatic N) is 1. The van der Waals surface area contributed by atoms with Crippen LogP contribution in [0, 0.1) is 13.8 Å². The van der Waals surface area contributed by atoms with E-state index in [9.17, 15) is 4.79 Å². The maximum atomic E-state index is 12.1. The molecule has 0 spiro atoms. The Kier molecular flexibility index (Phi) is 3.84. The lowest BCUT2D eigenvalue weighted by Gasteiger charge is -2.18. The number of rotatable bonds is 2. The van der Waals surface area contributed by atoms with E-state index in [4.69, 9.17) is 0 Å². The molecule has 2 heterocycles. The molecule has 0 saturated carbocycles. The lowest BCUT2D eigenvalue weighted by Crippen LogP contribution is -2.43. The molecule has 1 saturated heterocycles. The van der Waals surface area contributed by atoms with E-state index in [0.29, 0.717) is 0 Å². The zero-order valence-corrected chi connectivity index (χ0v) is 10.6. The fourth-order valence-corrected chi connectivity index (χ4v) is 2.29. The first-order valence-corrected chi connectivity index (χ1v) is 6.37. The van der Waals surface area contributed by atoms with Crippen LogP contribution >= 0.6 is 0 Å². The SMILES string of the molecule is Cc1ccc(C)n1NC(=O)C1CCCCCN1. The van der Waals surface area contributed by atoms with Gasteiger partial charge in [-0.25, -0.2) is 0 Å². The largest absolute Gasteiger partial charge is 0.306 e. The first-order valence-electron chi connectivity index (χ1n) is 6.37. The van der Waals surface area contributed by atoms with Crippen molar-refractivity contribution < 1.29 is 4.79 Å². The number of hydrogen-bond acceptors (Lipinski definition) is 2. The standard InChI is InChI=1S/C13H21N3O/c1-10-7-8-11(2)16(10)15-13(17)12-6-4-3-5-9-14-12/h7-8,12,14H,3-6,9H2,1-2H3,(H,15,17). The summed E-state index contributed by atoms with van der Waals surface area (Å²) in [5.74, 6) is 0.0781. The van der Waals surface area contributed by atoms with Gasteiger partial charge in [0, 0.05) is 11.4 Å². The minimum atomic E-state index is -0.0429. The van der Waals surface area contributed by atoms with Crippen LogP contribution in [0.1, 0.15) is 37.1 Å². The predicted molar refractivity (Wildman–Crippen MR) is 68.5 cm³/mol. The first kappa shape index (κ1) is 12.2. The lowest BCUT2D eigenvalue weighted by molar-refractivity contribution is -0.119. The van der Waals surface area contributed by atoms with Gasteiger partial charge in [0.25, 0.3) is 5.91 Å². The van der Waals surface area contributed by atoms with Crippen molar-refractivity contribution in [3.8, 4) is 0 Å². The molecule has 1 aromatic rings. The van der Waals surface area contributed by atoms with E-state index < -0.39 is 0 Å². The van der Waals surface area contributed by atoms with Crippen LogP contribution < -0.4 is 10.7 Å². The van der Waals surface area contributed by atoms with Gasteiger partial charge in [-0.1, -0.05) is 12.8 Å². The van der Waals surface area contributed by atoms with E-state index >= 15 is 0 Å². The molecule has 4 heteroatoms. The van der Waals surface area contributed by atoms with Gasteiger partial charge in [0.2, 0.25) is 0 Å². The third-order valence-corrected chi connectivity index (χ3v) is 3.37. The Balaban J connectivity index is 2.00. The summed E-state index contributed by atoms with van der Waals surface area (Å²) >= 11 is 0. The Labute approximate surface area is 102 Å². The molecule has 1 aliphatic rings. The quantitative estimate of drug-likeness (QED) is 0.819. The van der Waals surface area contributed by atoms with Crippen molar-refractivity contribution >= 4 is 5.91 Å². The van der Waals surface area contributed by atoms with Crippen LogP contribution in [-0.4, -0.2) is 23.2 Å². The molecular weight excluding hydrogens is 214 g/mol. The molecule has 17 heavy (non-hydrogen) atoms. The Hall–Kier alpha value is -1.29. The highest BCUT2D eigenvalue weighted by Crippen LogP contribution is 2.10. The smallest absolute Gasteiger partial charge is 0.255 e. The van der Waals surface area contributed by atoms with Crippen LogP contribution in [0.15, 0.2) is 12.1 Å². The number of hydrogen-bond donors (Lipinski definition) is 2. The van der Waals surface area contributed by atoms with Crippen molar-refractivity contribution in [3.05, 3.63) is 23.5 Å². The fourth-order valence-electron chi connectivity index (χ4n) is 2.29. The van der Waals surface area contributed by atoms with Crippen LogP contribution in [-0.2, 0) is 4.79 Å². The topological polar surface area (TPSA) is 46.1 Å². The maximum Gasteiger partial charge on any atom is 0.255 e. The number of carbonyl (C=O) groups is 1. The van der Waals surface area contributed by atoms with Crippen molar-refractivity contribution in [1.82, 2.24) is 9.99 Å². The molecule has 0 aromatic carbocycles. The van der Waals surface area contributed by atoms with E-state index in [2.05, 4.69) is 10.7 Å². The third kappa shape index (κ3) is 2.88. The molecule has 1 aromatic heterocycles. The molecule has 1 fully saturated rings.